The van der Waals surface area contributed by atoms with E-state index in [0.717, 1.165) is 5.69 Å². The number of ether oxygens (including phenoxy) is 1. The molecule has 0 radical (unpaired) electrons. The second kappa shape index (κ2) is 7.19. The van der Waals surface area contributed by atoms with Crippen LogP contribution in [0.1, 0.15) is 17.0 Å². The predicted molar refractivity (Wildman–Crippen MR) is 82.8 cm³/mol. The van der Waals surface area contributed by atoms with Gasteiger partial charge in [-0.15, -0.1) is 0 Å². The summed E-state index contributed by atoms with van der Waals surface area (Å²) in [6.07, 6.45) is 3.33. The zero-order chi connectivity index (χ0) is 16.4. The summed E-state index contributed by atoms with van der Waals surface area (Å²) < 4.78 is 7.98. The van der Waals surface area contributed by atoms with Crippen molar-refractivity contribution in [3.05, 3.63) is 45.6 Å². The molecule has 23 heavy (non-hydrogen) atoms. The Kier molecular flexibility index (Phi) is 5.81. The molecule has 1 heterocycles. The largest absolute Gasteiger partial charge is 1.00 e. The number of rotatable bonds is 3. The van der Waals surface area contributed by atoms with Gasteiger partial charge in [0.25, 0.3) is 0 Å². The molecule has 0 bridgehead atoms. The number of nitrogens with zero attached hydrogens (tertiary/aromatic N) is 2. The Morgan fingerprint density at radius 1 is 1.22 bits per heavy atom. The molecule has 0 atom stereocenters. The van der Waals surface area contributed by atoms with Gasteiger partial charge in [-0.25, -0.2) is 0 Å². The smallest absolute Gasteiger partial charge is 0.498 e. The van der Waals surface area contributed by atoms with E-state index in [-0.39, 0.29) is 35.3 Å². The summed E-state index contributed by atoms with van der Waals surface area (Å²) >= 11 is 0. The van der Waals surface area contributed by atoms with Crippen LogP contribution in [-0.2, 0) is 14.1 Å². The summed E-state index contributed by atoms with van der Waals surface area (Å²) in [6, 6.07) is 5.04. The van der Waals surface area contributed by atoms with E-state index in [9.17, 15) is 15.0 Å². The maximum absolute atomic E-state index is 12.0. The number of halogens is 1. The first kappa shape index (κ1) is 18.6. The second-order valence-electron chi connectivity index (χ2n) is 5.00. The molecule has 124 valence electrons. The average molecular weight is 339 g/mol. The number of hydrogen-bond acceptors (Lipinski definition) is 4. The lowest BCUT2D eigenvalue weighted by atomic mass is 10.1. The number of methoxy groups -OCH3 is 1. The molecule has 0 aliphatic carbocycles. The number of phenols is 2. The van der Waals surface area contributed by atoms with Crippen molar-refractivity contribution < 1.29 is 31.9 Å². The minimum atomic E-state index is -0.311. The van der Waals surface area contributed by atoms with Gasteiger partial charge in [-0.1, -0.05) is 0 Å². The number of hydrogen-bond donors (Lipinski definition) is 2. The van der Waals surface area contributed by atoms with Gasteiger partial charge in [0, 0.05) is 11.6 Å². The normalized spacial score (nSPS) is 10.6. The van der Waals surface area contributed by atoms with Crippen LogP contribution in [0.2, 0.25) is 0 Å². The van der Waals surface area contributed by atoms with Gasteiger partial charge in [0.1, 0.15) is 11.4 Å². The third-order valence-corrected chi connectivity index (χ3v) is 3.65. The Labute approximate surface area is 140 Å². The lowest BCUT2D eigenvalue weighted by Gasteiger charge is -2.07. The van der Waals surface area contributed by atoms with Crippen molar-refractivity contribution in [1.82, 2.24) is 4.57 Å². The lowest BCUT2D eigenvalue weighted by Crippen LogP contribution is -3.00. The number of aromatic nitrogens is 2. The Morgan fingerprint density at radius 2 is 1.87 bits per heavy atom. The first-order valence-corrected chi connectivity index (χ1v) is 6.70. The third-order valence-electron chi connectivity index (χ3n) is 3.65. The number of aromatic hydroxyl groups is 2. The van der Waals surface area contributed by atoms with E-state index in [1.807, 2.05) is 13.0 Å². The maximum atomic E-state index is 12.0. The number of aryl methyl sites for hydroxylation is 1. The fraction of sp³-hybridized carbons (Fsp3) is 0.250. The van der Waals surface area contributed by atoms with Gasteiger partial charge in [-0.2, -0.15) is 13.9 Å². The van der Waals surface area contributed by atoms with E-state index in [1.54, 1.807) is 42.9 Å². The number of phenolic OH excluding ortho intramolecular Hbond substituents is 2. The topological polar surface area (TPSA) is 75.6 Å². The first-order valence-electron chi connectivity index (χ1n) is 6.70. The highest BCUT2D eigenvalue weighted by atomic mass is 35.5. The highest BCUT2D eigenvalue weighted by Crippen LogP contribution is 2.38. The molecule has 0 saturated heterocycles. The molecule has 0 saturated carbocycles. The zero-order valence-electron chi connectivity index (χ0n) is 13.4. The van der Waals surface area contributed by atoms with Crippen LogP contribution in [0.15, 0.2) is 23.0 Å². The molecule has 1 aromatic heterocycles. The Hall–Kier alpha value is -2.47. The van der Waals surface area contributed by atoms with Crippen molar-refractivity contribution in [3.8, 4) is 17.2 Å². The van der Waals surface area contributed by atoms with Gasteiger partial charge in [0.15, 0.2) is 11.5 Å². The summed E-state index contributed by atoms with van der Waals surface area (Å²) in [5, 5.41) is 19.7. The highest BCUT2D eigenvalue weighted by molar-refractivity contribution is 5.74. The molecule has 0 fully saturated rings. The minimum Gasteiger partial charge on any atom is -1.00 e. The van der Waals surface area contributed by atoms with E-state index < -0.39 is 0 Å². The molecule has 0 spiro atoms. The van der Waals surface area contributed by atoms with Crippen molar-refractivity contribution >= 4 is 12.2 Å². The Balaban J connectivity index is 0.00000264. The lowest BCUT2D eigenvalue weighted by molar-refractivity contribution is -0.696. The molecule has 0 unspecified atom stereocenters. The molecule has 1 aromatic carbocycles. The van der Waals surface area contributed by atoms with Crippen molar-refractivity contribution in [2.24, 2.45) is 14.1 Å². The fourth-order valence-corrected chi connectivity index (χ4v) is 2.11. The monoisotopic (exact) mass is 338 g/mol. The molecule has 6 nitrogen and oxygen atoms in total. The fourth-order valence-electron chi connectivity index (χ4n) is 2.11. The van der Waals surface area contributed by atoms with Crippen LogP contribution in [0.5, 0.6) is 17.2 Å². The van der Waals surface area contributed by atoms with Crippen LogP contribution in [0, 0.1) is 6.92 Å². The molecule has 0 amide bonds. The van der Waals surface area contributed by atoms with Crippen LogP contribution in [0.3, 0.4) is 0 Å². The molecular formula is C16H19ClN2O4. The van der Waals surface area contributed by atoms with Crippen LogP contribution < -0.4 is 27.4 Å². The van der Waals surface area contributed by atoms with Gasteiger partial charge < -0.3 is 27.4 Å². The molecule has 0 aliphatic rings. The van der Waals surface area contributed by atoms with Gasteiger partial charge >= 0.3 is 5.69 Å². The standard InChI is InChI=1S/C16H18N2O4.ClH/c1-10-9-12(18(3)16(21)17(10)2)7-5-11-6-8-13(22-4)15(20)14(11)19;/h5-9,20H,1-4H3;1H. The summed E-state index contributed by atoms with van der Waals surface area (Å²) in [5.74, 6) is -0.377. The van der Waals surface area contributed by atoms with Crippen LogP contribution >= 0.6 is 0 Å². The van der Waals surface area contributed by atoms with E-state index in [1.165, 1.54) is 11.7 Å². The summed E-state index contributed by atoms with van der Waals surface area (Å²) in [5.41, 5.74) is 1.80. The maximum Gasteiger partial charge on any atom is 0.498 e. The quantitative estimate of drug-likeness (QED) is 0.507. The SMILES string of the molecule is COc1ccc(/C=C/c2cc(C)[n+](C)c(=O)n2C)c(O)c1O.[Cl-]. The van der Waals surface area contributed by atoms with Gasteiger partial charge in [0.2, 0.25) is 5.75 Å². The Morgan fingerprint density at radius 3 is 2.48 bits per heavy atom. The predicted octanol–water partition coefficient (Wildman–Crippen LogP) is -1.89. The van der Waals surface area contributed by atoms with Crippen LogP contribution in [0.25, 0.3) is 12.2 Å². The van der Waals surface area contributed by atoms with E-state index in [4.69, 9.17) is 4.74 Å². The van der Waals surface area contributed by atoms with Gasteiger partial charge in [0.05, 0.1) is 21.2 Å². The van der Waals surface area contributed by atoms with Gasteiger partial charge in [-0.3, -0.25) is 0 Å². The number of benzene rings is 1. The summed E-state index contributed by atoms with van der Waals surface area (Å²) in [4.78, 5) is 12.0. The van der Waals surface area contributed by atoms with Crippen molar-refractivity contribution in [3.63, 3.8) is 0 Å². The summed E-state index contributed by atoms with van der Waals surface area (Å²) in [6.45, 7) is 1.84. The average Bonchev–Trinajstić information content (AvgIpc) is 2.51. The zero-order valence-corrected chi connectivity index (χ0v) is 14.1. The third kappa shape index (κ3) is 3.48. The minimum absolute atomic E-state index is 0. The molecule has 2 rings (SSSR count). The van der Waals surface area contributed by atoms with Crippen molar-refractivity contribution in [2.75, 3.05) is 7.11 Å². The van der Waals surface area contributed by atoms with E-state index in [0.29, 0.717) is 11.3 Å². The molecule has 2 N–H and O–H groups in total. The summed E-state index contributed by atoms with van der Waals surface area (Å²) in [7, 11) is 4.79. The Bertz CT molecular complexity index is 813. The van der Waals surface area contributed by atoms with Crippen molar-refractivity contribution in [1.29, 1.82) is 0 Å². The highest BCUT2D eigenvalue weighted by Gasteiger charge is 2.13. The van der Waals surface area contributed by atoms with E-state index >= 15 is 0 Å². The molecule has 0 aliphatic heterocycles. The van der Waals surface area contributed by atoms with Gasteiger partial charge in [-0.05, 0) is 31.2 Å². The molecular weight excluding hydrogens is 320 g/mol. The van der Waals surface area contributed by atoms with E-state index in [2.05, 4.69) is 0 Å². The second-order valence-corrected chi connectivity index (χ2v) is 5.00. The first-order chi connectivity index (χ1) is 10.4. The van der Waals surface area contributed by atoms with Crippen LogP contribution in [-0.4, -0.2) is 21.9 Å². The van der Waals surface area contributed by atoms with Crippen molar-refractivity contribution in [2.45, 2.75) is 6.92 Å². The molecule has 7 heteroatoms. The molecule has 2 aromatic rings. The van der Waals surface area contributed by atoms with Crippen LogP contribution in [0.4, 0.5) is 0 Å².